The molecule has 112 valence electrons. The van der Waals surface area contributed by atoms with Crippen LogP contribution < -0.4 is 14.8 Å². The van der Waals surface area contributed by atoms with Gasteiger partial charge in [-0.05, 0) is 37.6 Å². The monoisotopic (exact) mass is 295 g/mol. The number of hydrogen-bond acceptors (Lipinski definition) is 4. The maximum Gasteiger partial charge on any atom is 0.162 e. The van der Waals surface area contributed by atoms with Gasteiger partial charge in [0, 0.05) is 16.7 Å². The van der Waals surface area contributed by atoms with E-state index in [0.717, 1.165) is 23.8 Å². The summed E-state index contributed by atoms with van der Waals surface area (Å²) in [6, 6.07) is 6.84. The summed E-state index contributed by atoms with van der Waals surface area (Å²) in [4.78, 5) is 1.26. The van der Waals surface area contributed by atoms with E-state index in [1.165, 1.54) is 24.2 Å². The third kappa shape index (κ3) is 4.60. The van der Waals surface area contributed by atoms with E-state index < -0.39 is 0 Å². The topological polar surface area (TPSA) is 30.5 Å². The minimum atomic E-state index is 0.596. The molecule has 20 heavy (non-hydrogen) atoms. The van der Waals surface area contributed by atoms with Gasteiger partial charge in [0.05, 0.1) is 0 Å². The standard InChI is InChI=1S/C16H25NO2S/c1-3-5-13(17-8-4-2)12-20-14-6-7-15-16(11-14)19-10-9-18-15/h6-7,11,13,17H,3-5,8-10,12H2,1-2H3. The fourth-order valence-corrected chi connectivity index (χ4v) is 3.28. The van der Waals surface area contributed by atoms with Gasteiger partial charge in [-0.25, -0.2) is 0 Å². The number of ether oxygens (including phenoxy) is 2. The van der Waals surface area contributed by atoms with Gasteiger partial charge < -0.3 is 14.8 Å². The second-order valence-electron chi connectivity index (χ2n) is 5.06. The molecule has 1 N–H and O–H groups in total. The van der Waals surface area contributed by atoms with Gasteiger partial charge in [0.25, 0.3) is 0 Å². The number of nitrogens with one attached hydrogen (secondary N) is 1. The van der Waals surface area contributed by atoms with Gasteiger partial charge in [0.2, 0.25) is 0 Å². The zero-order chi connectivity index (χ0) is 14.2. The van der Waals surface area contributed by atoms with Crippen molar-refractivity contribution in [2.24, 2.45) is 0 Å². The fraction of sp³-hybridized carbons (Fsp3) is 0.625. The molecule has 3 nitrogen and oxygen atoms in total. The Hall–Kier alpha value is -0.870. The van der Waals surface area contributed by atoms with Crippen LogP contribution in [0.2, 0.25) is 0 Å². The van der Waals surface area contributed by atoms with Gasteiger partial charge in [-0.2, -0.15) is 0 Å². The van der Waals surface area contributed by atoms with Crippen molar-refractivity contribution < 1.29 is 9.47 Å². The number of fused-ring (bicyclic) bond motifs is 1. The Balaban J connectivity index is 1.88. The molecule has 1 aromatic rings. The second kappa shape index (κ2) is 8.42. The Kier molecular flexibility index (Phi) is 6.54. The average Bonchev–Trinajstić information content (AvgIpc) is 2.50. The Morgan fingerprint density at radius 1 is 1.15 bits per heavy atom. The van der Waals surface area contributed by atoms with E-state index in [9.17, 15) is 0 Å². The summed E-state index contributed by atoms with van der Waals surface area (Å²) < 4.78 is 11.2. The lowest BCUT2D eigenvalue weighted by molar-refractivity contribution is 0.171. The first kappa shape index (κ1) is 15.5. The summed E-state index contributed by atoms with van der Waals surface area (Å²) >= 11 is 1.89. The van der Waals surface area contributed by atoms with Gasteiger partial charge in [0.1, 0.15) is 13.2 Å². The first-order valence-corrected chi connectivity index (χ1v) is 8.57. The van der Waals surface area contributed by atoms with Crippen LogP contribution in [0.1, 0.15) is 33.1 Å². The van der Waals surface area contributed by atoms with E-state index in [1.807, 2.05) is 17.8 Å². The smallest absolute Gasteiger partial charge is 0.162 e. The summed E-state index contributed by atoms with van der Waals surface area (Å²) in [6.45, 7) is 6.86. The molecule has 0 saturated heterocycles. The van der Waals surface area contributed by atoms with E-state index >= 15 is 0 Å². The Bertz CT molecular complexity index is 411. The molecular weight excluding hydrogens is 270 g/mol. The summed E-state index contributed by atoms with van der Waals surface area (Å²) in [5, 5.41) is 3.63. The first-order chi connectivity index (χ1) is 9.83. The van der Waals surface area contributed by atoms with Crippen LogP contribution >= 0.6 is 11.8 Å². The maximum atomic E-state index is 5.63. The predicted octanol–water partition coefficient (Wildman–Crippen LogP) is 3.72. The highest BCUT2D eigenvalue weighted by Crippen LogP contribution is 2.34. The summed E-state index contributed by atoms with van der Waals surface area (Å²) in [5.41, 5.74) is 0. The van der Waals surface area contributed by atoms with Crippen LogP contribution in [0.5, 0.6) is 11.5 Å². The van der Waals surface area contributed by atoms with E-state index in [1.54, 1.807) is 0 Å². The van der Waals surface area contributed by atoms with Gasteiger partial charge in [-0.1, -0.05) is 20.3 Å². The van der Waals surface area contributed by atoms with Gasteiger partial charge in [-0.15, -0.1) is 11.8 Å². The predicted molar refractivity (Wildman–Crippen MR) is 85.1 cm³/mol. The minimum Gasteiger partial charge on any atom is -0.486 e. The van der Waals surface area contributed by atoms with Gasteiger partial charge >= 0.3 is 0 Å². The molecular formula is C16H25NO2S. The van der Waals surface area contributed by atoms with Gasteiger partial charge in [-0.3, -0.25) is 0 Å². The highest BCUT2D eigenvalue weighted by atomic mass is 32.2. The van der Waals surface area contributed by atoms with Crippen LogP contribution in [0.15, 0.2) is 23.1 Å². The molecule has 0 amide bonds. The van der Waals surface area contributed by atoms with Crippen molar-refractivity contribution in [3.8, 4) is 11.5 Å². The SMILES string of the molecule is CCCNC(CCC)CSc1ccc2c(c1)OCCO2. The summed E-state index contributed by atoms with van der Waals surface area (Å²) in [5.74, 6) is 2.86. The molecule has 0 saturated carbocycles. The maximum absolute atomic E-state index is 5.63. The lowest BCUT2D eigenvalue weighted by Crippen LogP contribution is -2.31. The van der Waals surface area contributed by atoms with Crippen LogP contribution in [0.3, 0.4) is 0 Å². The van der Waals surface area contributed by atoms with Crippen LogP contribution in [-0.2, 0) is 0 Å². The average molecular weight is 295 g/mol. The number of rotatable bonds is 8. The third-order valence-electron chi connectivity index (χ3n) is 3.28. The zero-order valence-corrected chi connectivity index (χ0v) is 13.3. The molecule has 4 heteroatoms. The van der Waals surface area contributed by atoms with Crippen molar-refractivity contribution in [1.82, 2.24) is 5.32 Å². The molecule has 0 fully saturated rings. The minimum absolute atomic E-state index is 0.596. The largest absolute Gasteiger partial charge is 0.486 e. The quantitative estimate of drug-likeness (QED) is 0.741. The van der Waals surface area contributed by atoms with Crippen LogP contribution in [0.4, 0.5) is 0 Å². The molecule has 0 radical (unpaired) electrons. The van der Waals surface area contributed by atoms with Crippen molar-refractivity contribution in [3.05, 3.63) is 18.2 Å². The Labute approximate surface area is 126 Å². The van der Waals surface area contributed by atoms with E-state index in [2.05, 4.69) is 31.3 Å². The number of thioether (sulfide) groups is 1. The normalized spacial score (nSPS) is 15.1. The van der Waals surface area contributed by atoms with Gasteiger partial charge in [0.15, 0.2) is 11.5 Å². The summed E-state index contributed by atoms with van der Waals surface area (Å²) in [7, 11) is 0. The molecule has 1 aromatic carbocycles. The molecule has 0 aromatic heterocycles. The Morgan fingerprint density at radius 3 is 2.70 bits per heavy atom. The van der Waals surface area contributed by atoms with E-state index in [0.29, 0.717) is 19.3 Å². The molecule has 0 bridgehead atoms. The molecule has 1 aliphatic heterocycles. The van der Waals surface area contributed by atoms with Crippen LogP contribution in [0.25, 0.3) is 0 Å². The van der Waals surface area contributed by atoms with Crippen molar-refractivity contribution in [2.45, 2.75) is 44.0 Å². The van der Waals surface area contributed by atoms with Crippen molar-refractivity contribution >= 4 is 11.8 Å². The van der Waals surface area contributed by atoms with Crippen molar-refractivity contribution in [2.75, 3.05) is 25.5 Å². The molecule has 1 aliphatic rings. The number of benzene rings is 1. The van der Waals surface area contributed by atoms with E-state index in [4.69, 9.17) is 9.47 Å². The molecule has 1 atom stereocenters. The van der Waals surface area contributed by atoms with Crippen molar-refractivity contribution in [1.29, 1.82) is 0 Å². The molecule has 0 spiro atoms. The Morgan fingerprint density at radius 2 is 1.95 bits per heavy atom. The second-order valence-corrected chi connectivity index (χ2v) is 6.15. The first-order valence-electron chi connectivity index (χ1n) is 7.59. The summed E-state index contributed by atoms with van der Waals surface area (Å²) in [6.07, 6.45) is 3.65. The zero-order valence-electron chi connectivity index (χ0n) is 12.5. The highest BCUT2D eigenvalue weighted by molar-refractivity contribution is 7.99. The lowest BCUT2D eigenvalue weighted by atomic mass is 10.2. The molecule has 0 aliphatic carbocycles. The number of hydrogen-bond donors (Lipinski definition) is 1. The highest BCUT2D eigenvalue weighted by Gasteiger charge is 2.13. The third-order valence-corrected chi connectivity index (χ3v) is 4.44. The molecule has 2 rings (SSSR count). The molecule has 1 unspecified atom stereocenters. The molecule has 1 heterocycles. The fourth-order valence-electron chi connectivity index (χ4n) is 2.25. The van der Waals surface area contributed by atoms with Crippen LogP contribution in [-0.4, -0.2) is 31.6 Å². The lowest BCUT2D eigenvalue weighted by Gasteiger charge is -2.20. The van der Waals surface area contributed by atoms with E-state index in [-0.39, 0.29) is 0 Å². The van der Waals surface area contributed by atoms with Crippen LogP contribution in [0, 0.1) is 0 Å². The van der Waals surface area contributed by atoms with Crippen molar-refractivity contribution in [3.63, 3.8) is 0 Å².